The van der Waals surface area contributed by atoms with Crippen molar-refractivity contribution in [1.82, 2.24) is 0 Å². The Bertz CT molecular complexity index is 640. The van der Waals surface area contributed by atoms with Crippen LogP contribution < -0.4 is 0 Å². The summed E-state index contributed by atoms with van der Waals surface area (Å²) in [5.74, 6) is 0.0362. The molecule has 5 heteroatoms. The van der Waals surface area contributed by atoms with Gasteiger partial charge in [-0.15, -0.1) is 5.16 Å². The lowest BCUT2D eigenvalue weighted by molar-refractivity contribution is -0.117. The molecular weight excluding hydrogens is 280 g/mol. The SMILES string of the molecule is CC1(C)CC(=O)C(C=Nc2ccc(CC=NO)cc2)=C(O)C1. The van der Waals surface area contributed by atoms with E-state index in [1.807, 2.05) is 38.1 Å². The highest BCUT2D eigenvalue weighted by Gasteiger charge is 2.32. The number of rotatable bonds is 4. The van der Waals surface area contributed by atoms with E-state index in [0.29, 0.717) is 30.5 Å². The highest BCUT2D eigenvalue weighted by Crippen LogP contribution is 2.35. The molecule has 0 amide bonds. The van der Waals surface area contributed by atoms with Gasteiger partial charge in [0.15, 0.2) is 5.78 Å². The van der Waals surface area contributed by atoms with Crippen molar-refractivity contribution in [2.45, 2.75) is 33.1 Å². The second kappa shape index (κ2) is 6.56. The number of carbonyl (C=O) groups is 1. The van der Waals surface area contributed by atoms with E-state index >= 15 is 0 Å². The molecule has 2 N–H and O–H groups in total. The van der Waals surface area contributed by atoms with Crippen molar-refractivity contribution in [3.8, 4) is 0 Å². The number of aliphatic imine (C=N–C) groups is 1. The van der Waals surface area contributed by atoms with Gasteiger partial charge in [0.25, 0.3) is 0 Å². The van der Waals surface area contributed by atoms with Crippen LogP contribution in [-0.4, -0.2) is 28.5 Å². The molecule has 0 unspecified atom stereocenters. The number of oxime groups is 1. The van der Waals surface area contributed by atoms with Crippen LogP contribution in [-0.2, 0) is 11.2 Å². The summed E-state index contributed by atoms with van der Waals surface area (Å²) >= 11 is 0. The van der Waals surface area contributed by atoms with Gasteiger partial charge in [0, 0.05) is 31.7 Å². The molecular formula is C17H20N2O3. The number of carbonyl (C=O) groups excluding carboxylic acids is 1. The summed E-state index contributed by atoms with van der Waals surface area (Å²) in [6.07, 6.45) is 4.29. The normalized spacial score (nSPS) is 18.5. The van der Waals surface area contributed by atoms with Gasteiger partial charge < -0.3 is 10.3 Å². The molecule has 22 heavy (non-hydrogen) atoms. The number of allylic oxidation sites excluding steroid dienone is 2. The Kier molecular flexibility index (Phi) is 4.75. The minimum Gasteiger partial charge on any atom is -0.511 e. The van der Waals surface area contributed by atoms with Gasteiger partial charge in [-0.3, -0.25) is 9.79 Å². The monoisotopic (exact) mass is 300 g/mol. The zero-order valence-electron chi connectivity index (χ0n) is 12.8. The van der Waals surface area contributed by atoms with Gasteiger partial charge in [0.2, 0.25) is 0 Å². The molecule has 116 valence electrons. The van der Waals surface area contributed by atoms with Gasteiger partial charge in [-0.05, 0) is 23.1 Å². The van der Waals surface area contributed by atoms with Crippen molar-refractivity contribution >= 4 is 23.9 Å². The fourth-order valence-electron chi connectivity index (χ4n) is 2.45. The van der Waals surface area contributed by atoms with Gasteiger partial charge in [-0.25, -0.2) is 0 Å². The van der Waals surface area contributed by atoms with Crippen LogP contribution in [0.4, 0.5) is 5.69 Å². The largest absolute Gasteiger partial charge is 0.511 e. The lowest BCUT2D eigenvalue weighted by Gasteiger charge is -2.28. The number of ketones is 1. The molecule has 5 nitrogen and oxygen atoms in total. The molecule has 0 atom stereocenters. The Morgan fingerprint density at radius 2 is 1.91 bits per heavy atom. The standard InChI is InChI=1S/C17H20N2O3/c1-17(2)9-15(20)14(16(21)10-17)11-18-13-5-3-12(4-6-13)7-8-19-22/h3-6,8,11,20,22H,7,9-10H2,1-2H3. The number of aliphatic hydroxyl groups is 1. The Balaban J connectivity index is 2.13. The summed E-state index contributed by atoms with van der Waals surface area (Å²) in [5.41, 5.74) is 1.79. The second-order valence-corrected chi connectivity index (χ2v) is 6.23. The average molecular weight is 300 g/mol. The van der Waals surface area contributed by atoms with Crippen molar-refractivity contribution in [3.63, 3.8) is 0 Å². The van der Waals surface area contributed by atoms with E-state index in [1.165, 1.54) is 12.4 Å². The Hall–Kier alpha value is -2.43. The Labute approximate surface area is 129 Å². The lowest BCUT2D eigenvalue weighted by Crippen LogP contribution is -2.26. The van der Waals surface area contributed by atoms with Crippen molar-refractivity contribution in [1.29, 1.82) is 0 Å². The van der Waals surface area contributed by atoms with Crippen LogP contribution in [0.2, 0.25) is 0 Å². The third-order valence-corrected chi connectivity index (χ3v) is 3.58. The highest BCUT2D eigenvalue weighted by molar-refractivity contribution is 6.14. The number of hydrogen-bond donors (Lipinski definition) is 2. The number of nitrogens with zero attached hydrogens (tertiary/aromatic N) is 2. The number of benzene rings is 1. The summed E-state index contributed by atoms with van der Waals surface area (Å²) in [6, 6.07) is 7.36. The van der Waals surface area contributed by atoms with Crippen LogP contribution in [0, 0.1) is 5.41 Å². The molecule has 0 radical (unpaired) electrons. The average Bonchev–Trinajstić information content (AvgIpc) is 2.44. The molecule has 0 saturated carbocycles. The summed E-state index contributed by atoms with van der Waals surface area (Å²) in [6.45, 7) is 3.92. The molecule has 0 aromatic heterocycles. The first-order valence-electron chi connectivity index (χ1n) is 7.15. The van der Waals surface area contributed by atoms with Gasteiger partial charge in [-0.1, -0.05) is 26.0 Å². The van der Waals surface area contributed by atoms with Crippen LogP contribution in [0.3, 0.4) is 0 Å². The van der Waals surface area contributed by atoms with E-state index in [9.17, 15) is 9.90 Å². The topological polar surface area (TPSA) is 82.2 Å². The van der Waals surface area contributed by atoms with Crippen molar-refractivity contribution in [3.05, 3.63) is 41.2 Å². The maximum atomic E-state index is 12.1. The Morgan fingerprint density at radius 1 is 1.23 bits per heavy atom. The van der Waals surface area contributed by atoms with Crippen LogP contribution in [0.25, 0.3) is 0 Å². The summed E-state index contributed by atoms with van der Waals surface area (Å²) in [5, 5.41) is 21.4. The van der Waals surface area contributed by atoms with Crippen LogP contribution in [0.15, 0.2) is 45.7 Å². The molecule has 0 bridgehead atoms. The predicted octanol–water partition coefficient (Wildman–Crippen LogP) is 3.59. The molecule has 2 rings (SSSR count). The lowest BCUT2D eigenvalue weighted by atomic mass is 9.77. The van der Waals surface area contributed by atoms with E-state index in [4.69, 9.17) is 5.21 Å². The van der Waals surface area contributed by atoms with Crippen LogP contribution in [0.5, 0.6) is 0 Å². The van der Waals surface area contributed by atoms with Crippen LogP contribution in [0.1, 0.15) is 32.3 Å². The summed E-state index contributed by atoms with van der Waals surface area (Å²) < 4.78 is 0. The van der Waals surface area contributed by atoms with Gasteiger partial charge >= 0.3 is 0 Å². The van der Waals surface area contributed by atoms with E-state index in [-0.39, 0.29) is 17.0 Å². The van der Waals surface area contributed by atoms with Gasteiger partial charge in [0.1, 0.15) is 5.76 Å². The first-order chi connectivity index (χ1) is 10.4. The molecule has 0 aliphatic heterocycles. The molecule has 0 heterocycles. The number of aliphatic hydroxyl groups excluding tert-OH is 1. The minimum atomic E-state index is -0.200. The summed E-state index contributed by atoms with van der Waals surface area (Å²) in [7, 11) is 0. The summed E-state index contributed by atoms with van der Waals surface area (Å²) in [4.78, 5) is 16.3. The Morgan fingerprint density at radius 3 is 2.50 bits per heavy atom. The van der Waals surface area contributed by atoms with Crippen molar-refractivity contribution in [2.24, 2.45) is 15.6 Å². The highest BCUT2D eigenvalue weighted by atomic mass is 16.4. The number of Topliss-reactive ketones (excluding diaryl/α,β-unsaturated/α-hetero) is 1. The predicted molar refractivity (Wildman–Crippen MR) is 86.3 cm³/mol. The minimum absolute atomic E-state index is 0.0757. The third-order valence-electron chi connectivity index (χ3n) is 3.58. The zero-order chi connectivity index (χ0) is 16.2. The van der Waals surface area contributed by atoms with E-state index < -0.39 is 0 Å². The third kappa shape index (κ3) is 4.04. The smallest absolute Gasteiger partial charge is 0.168 e. The van der Waals surface area contributed by atoms with Gasteiger partial charge in [-0.2, -0.15) is 0 Å². The van der Waals surface area contributed by atoms with E-state index in [1.54, 1.807) is 0 Å². The van der Waals surface area contributed by atoms with E-state index in [0.717, 1.165) is 5.56 Å². The van der Waals surface area contributed by atoms with Gasteiger partial charge in [0.05, 0.1) is 11.3 Å². The van der Waals surface area contributed by atoms with E-state index in [2.05, 4.69) is 10.1 Å². The molecule has 0 spiro atoms. The zero-order valence-corrected chi connectivity index (χ0v) is 12.8. The van der Waals surface area contributed by atoms with Crippen molar-refractivity contribution < 1.29 is 15.1 Å². The molecule has 1 aliphatic carbocycles. The number of hydrogen-bond acceptors (Lipinski definition) is 5. The van der Waals surface area contributed by atoms with Crippen molar-refractivity contribution in [2.75, 3.05) is 0 Å². The molecule has 0 saturated heterocycles. The fourth-order valence-corrected chi connectivity index (χ4v) is 2.45. The maximum Gasteiger partial charge on any atom is 0.168 e. The fraction of sp³-hybridized carbons (Fsp3) is 0.353. The second-order valence-electron chi connectivity index (χ2n) is 6.23. The van der Waals surface area contributed by atoms with Crippen LogP contribution >= 0.6 is 0 Å². The molecule has 1 aliphatic rings. The first-order valence-corrected chi connectivity index (χ1v) is 7.15. The quantitative estimate of drug-likeness (QED) is 0.506. The molecule has 1 aromatic rings. The molecule has 0 fully saturated rings. The molecule has 1 aromatic carbocycles. The maximum absolute atomic E-state index is 12.1. The first kappa shape index (κ1) is 15.9.